The van der Waals surface area contributed by atoms with Crippen molar-refractivity contribution in [3.05, 3.63) is 29.8 Å². The lowest BCUT2D eigenvalue weighted by Crippen LogP contribution is -2.25. The summed E-state index contributed by atoms with van der Waals surface area (Å²) in [5.74, 6) is 0.970. The Morgan fingerprint density at radius 1 is 1.16 bits per heavy atom. The van der Waals surface area contributed by atoms with E-state index in [0.717, 1.165) is 12.5 Å². The van der Waals surface area contributed by atoms with Crippen molar-refractivity contribution in [1.29, 1.82) is 0 Å². The average molecular weight is 260 g/mol. The van der Waals surface area contributed by atoms with Gasteiger partial charge in [-0.15, -0.1) is 0 Å². The second kappa shape index (κ2) is 6.95. The topological polar surface area (TPSA) is 15.3 Å². The van der Waals surface area contributed by atoms with Crippen LogP contribution in [0.4, 0.5) is 5.69 Å². The first-order valence-corrected chi connectivity index (χ1v) is 7.67. The molecule has 0 saturated heterocycles. The van der Waals surface area contributed by atoms with Gasteiger partial charge in [-0.2, -0.15) is 0 Å². The molecule has 0 aliphatic heterocycles. The molecule has 2 rings (SSSR count). The molecule has 0 aromatic heterocycles. The Bertz CT molecular complexity index is 379. The molecule has 0 spiro atoms. The van der Waals surface area contributed by atoms with Gasteiger partial charge in [-0.3, -0.25) is 0 Å². The molecular formula is C17H28N2. The number of anilines is 1. The Hall–Kier alpha value is -1.02. The Balaban J connectivity index is 1.89. The second-order valence-corrected chi connectivity index (χ2v) is 6.21. The van der Waals surface area contributed by atoms with Crippen LogP contribution in [-0.4, -0.2) is 25.0 Å². The molecule has 0 amide bonds. The highest BCUT2D eigenvalue weighted by Crippen LogP contribution is 2.28. The maximum absolute atomic E-state index is 3.72. The predicted molar refractivity (Wildman–Crippen MR) is 83.5 cm³/mol. The van der Waals surface area contributed by atoms with E-state index in [1.807, 2.05) is 0 Å². The summed E-state index contributed by atoms with van der Waals surface area (Å²) < 4.78 is 0. The van der Waals surface area contributed by atoms with Gasteiger partial charge in [0.2, 0.25) is 0 Å². The van der Waals surface area contributed by atoms with Crippen molar-refractivity contribution in [2.24, 2.45) is 5.92 Å². The molecule has 0 bridgehead atoms. The van der Waals surface area contributed by atoms with Gasteiger partial charge in [-0.1, -0.05) is 25.5 Å². The predicted octanol–water partition coefficient (Wildman–Crippen LogP) is 4.13. The standard InChI is InChI=1S/C17H28N2/c1-4-14-8-10-16(11-9-14)18-17-7-5-6-15(12-17)13-19(2)3/h5-7,12,14,16,18H,4,8-11,13H2,1-3H3. The van der Waals surface area contributed by atoms with Crippen LogP contribution >= 0.6 is 0 Å². The van der Waals surface area contributed by atoms with Crippen LogP contribution in [0.3, 0.4) is 0 Å². The fraction of sp³-hybridized carbons (Fsp3) is 0.647. The van der Waals surface area contributed by atoms with Gasteiger partial charge < -0.3 is 10.2 Å². The van der Waals surface area contributed by atoms with Crippen LogP contribution in [0, 0.1) is 5.92 Å². The number of nitrogens with zero attached hydrogens (tertiary/aromatic N) is 1. The molecule has 1 saturated carbocycles. The van der Waals surface area contributed by atoms with Gasteiger partial charge in [0.1, 0.15) is 0 Å². The minimum Gasteiger partial charge on any atom is -0.382 e. The van der Waals surface area contributed by atoms with Gasteiger partial charge in [0.15, 0.2) is 0 Å². The summed E-state index contributed by atoms with van der Waals surface area (Å²) in [4.78, 5) is 2.21. The van der Waals surface area contributed by atoms with Crippen molar-refractivity contribution in [2.75, 3.05) is 19.4 Å². The van der Waals surface area contributed by atoms with Crippen LogP contribution in [0.15, 0.2) is 24.3 Å². The summed E-state index contributed by atoms with van der Waals surface area (Å²) in [5, 5.41) is 3.72. The third-order valence-electron chi connectivity index (χ3n) is 4.22. The highest BCUT2D eigenvalue weighted by Gasteiger charge is 2.19. The van der Waals surface area contributed by atoms with Crippen molar-refractivity contribution < 1.29 is 0 Å². The normalized spacial score (nSPS) is 23.6. The third kappa shape index (κ3) is 4.54. The van der Waals surface area contributed by atoms with Crippen LogP contribution in [0.5, 0.6) is 0 Å². The van der Waals surface area contributed by atoms with E-state index in [-0.39, 0.29) is 0 Å². The first kappa shape index (κ1) is 14.4. The van der Waals surface area contributed by atoms with Gasteiger partial charge >= 0.3 is 0 Å². The second-order valence-electron chi connectivity index (χ2n) is 6.21. The first-order valence-electron chi connectivity index (χ1n) is 7.67. The molecule has 1 aliphatic carbocycles. The van der Waals surface area contributed by atoms with Gasteiger partial charge in [-0.25, -0.2) is 0 Å². The quantitative estimate of drug-likeness (QED) is 0.856. The van der Waals surface area contributed by atoms with E-state index < -0.39 is 0 Å². The van der Waals surface area contributed by atoms with Gasteiger partial charge in [0.05, 0.1) is 0 Å². The van der Waals surface area contributed by atoms with E-state index in [2.05, 4.69) is 55.5 Å². The summed E-state index contributed by atoms with van der Waals surface area (Å²) in [6.07, 6.45) is 6.80. The summed E-state index contributed by atoms with van der Waals surface area (Å²) >= 11 is 0. The van der Waals surface area contributed by atoms with Crippen molar-refractivity contribution in [1.82, 2.24) is 4.90 Å². The van der Waals surface area contributed by atoms with E-state index in [0.29, 0.717) is 6.04 Å². The maximum Gasteiger partial charge on any atom is 0.0345 e. The van der Waals surface area contributed by atoms with E-state index in [1.54, 1.807) is 0 Å². The number of nitrogens with one attached hydrogen (secondary N) is 1. The van der Waals surface area contributed by atoms with E-state index in [4.69, 9.17) is 0 Å². The van der Waals surface area contributed by atoms with E-state index >= 15 is 0 Å². The molecular weight excluding hydrogens is 232 g/mol. The lowest BCUT2D eigenvalue weighted by atomic mass is 9.84. The van der Waals surface area contributed by atoms with Crippen LogP contribution in [0.2, 0.25) is 0 Å². The van der Waals surface area contributed by atoms with Gasteiger partial charge in [0.25, 0.3) is 0 Å². The zero-order chi connectivity index (χ0) is 13.7. The summed E-state index contributed by atoms with van der Waals surface area (Å²) in [6.45, 7) is 3.33. The molecule has 2 heteroatoms. The summed E-state index contributed by atoms with van der Waals surface area (Å²) in [7, 11) is 4.23. The van der Waals surface area contributed by atoms with E-state index in [9.17, 15) is 0 Å². The zero-order valence-corrected chi connectivity index (χ0v) is 12.7. The molecule has 0 atom stereocenters. The third-order valence-corrected chi connectivity index (χ3v) is 4.22. The highest BCUT2D eigenvalue weighted by molar-refractivity contribution is 5.46. The highest BCUT2D eigenvalue weighted by atomic mass is 15.0. The number of benzene rings is 1. The smallest absolute Gasteiger partial charge is 0.0345 e. The lowest BCUT2D eigenvalue weighted by molar-refractivity contribution is 0.330. The fourth-order valence-electron chi connectivity index (χ4n) is 3.08. The Morgan fingerprint density at radius 2 is 1.89 bits per heavy atom. The van der Waals surface area contributed by atoms with Crippen molar-refractivity contribution in [2.45, 2.75) is 51.6 Å². The monoisotopic (exact) mass is 260 g/mol. The van der Waals surface area contributed by atoms with Crippen LogP contribution in [-0.2, 0) is 6.54 Å². The van der Waals surface area contributed by atoms with Crippen molar-refractivity contribution in [3.63, 3.8) is 0 Å². The Morgan fingerprint density at radius 3 is 2.53 bits per heavy atom. The minimum absolute atomic E-state index is 0.678. The molecule has 106 valence electrons. The molecule has 1 aliphatic rings. The molecule has 19 heavy (non-hydrogen) atoms. The fourth-order valence-corrected chi connectivity index (χ4v) is 3.08. The minimum atomic E-state index is 0.678. The van der Waals surface area contributed by atoms with Gasteiger partial charge in [0, 0.05) is 18.3 Å². The summed E-state index contributed by atoms with van der Waals surface area (Å²) in [6, 6.07) is 9.55. The SMILES string of the molecule is CCC1CCC(Nc2cccc(CN(C)C)c2)CC1. The molecule has 1 aromatic carbocycles. The average Bonchev–Trinajstić information content (AvgIpc) is 2.39. The van der Waals surface area contributed by atoms with Crippen molar-refractivity contribution >= 4 is 5.69 Å². The zero-order valence-electron chi connectivity index (χ0n) is 12.7. The first-order chi connectivity index (χ1) is 9.17. The lowest BCUT2D eigenvalue weighted by Gasteiger charge is -2.29. The molecule has 1 aromatic rings. The number of hydrogen-bond donors (Lipinski definition) is 1. The van der Waals surface area contributed by atoms with Crippen LogP contribution in [0.1, 0.15) is 44.6 Å². The summed E-state index contributed by atoms with van der Waals surface area (Å²) in [5.41, 5.74) is 2.68. The maximum atomic E-state index is 3.72. The molecule has 1 fully saturated rings. The number of hydrogen-bond acceptors (Lipinski definition) is 2. The van der Waals surface area contributed by atoms with Gasteiger partial charge in [-0.05, 0) is 63.4 Å². The van der Waals surface area contributed by atoms with Crippen LogP contribution in [0.25, 0.3) is 0 Å². The van der Waals surface area contributed by atoms with Crippen LogP contribution < -0.4 is 5.32 Å². The molecule has 0 heterocycles. The Labute approximate surface area is 118 Å². The molecule has 0 unspecified atom stereocenters. The molecule has 2 nitrogen and oxygen atoms in total. The number of rotatable bonds is 5. The molecule has 1 N–H and O–H groups in total. The van der Waals surface area contributed by atoms with Crippen molar-refractivity contribution in [3.8, 4) is 0 Å². The molecule has 0 radical (unpaired) electrons. The van der Waals surface area contributed by atoms with E-state index in [1.165, 1.54) is 43.4 Å². The largest absolute Gasteiger partial charge is 0.382 e. The Kier molecular flexibility index (Phi) is 5.26.